The molecule has 3 nitrogen and oxygen atoms in total. The van der Waals surface area contributed by atoms with E-state index in [0.717, 1.165) is 5.56 Å². The molecule has 0 bridgehead atoms. The van der Waals surface area contributed by atoms with Gasteiger partial charge in [0.15, 0.2) is 0 Å². The van der Waals surface area contributed by atoms with Gasteiger partial charge < -0.3 is 10.5 Å². The van der Waals surface area contributed by atoms with E-state index in [-0.39, 0.29) is 6.54 Å². The Hall–Kier alpha value is -1.27. The van der Waals surface area contributed by atoms with Crippen molar-refractivity contribution < 1.29 is 13.5 Å². The molecule has 1 rings (SSSR count). The number of alkyl halides is 2. The second kappa shape index (κ2) is 7.23. The van der Waals surface area contributed by atoms with Crippen LogP contribution in [-0.4, -0.2) is 43.1 Å². The molecule has 0 aliphatic rings. The number of nitrogens with zero attached hydrogens (tertiary/aromatic N) is 1. The predicted molar refractivity (Wildman–Crippen MR) is 71.3 cm³/mol. The lowest BCUT2D eigenvalue weighted by molar-refractivity contribution is 0.0935. The summed E-state index contributed by atoms with van der Waals surface area (Å²) in [5.74, 6) is 0.667. The smallest absolute Gasteiger partial charge is 0.251 e. The fraction of sp³-hybridized carbons (Fsp3) is 0.417. The Morgan fingerprint density at radius 3 is 2.50 bits per heavy atom. The molecule has 100 valence electrons. The van der Waals surface area contributed by atoms with E-state index in [1.165, 1.54) is 4.90 Å². The summed E-state index contributed by atoms with van der Waals surface area (Å²) in [6, 6.07) is 7.03. The van der Waals surface area contributed by atoms with Gasteiger partial charge in [0.25, 0.3) is 6.43 Å². The Labute approximate surface area is 111 Å². The predicted octanol–water partition coefficient (Wildman–Crippen LogP) is 1.90. The highest BCUT2D eigenvalue weighted by atomic mass is 32.1. The van der Waals surface area contributed by atoms with Gasteiger partial charge in [0, 0.05) is 12.1 Å². The van der Waals surface area contributed by atoms with Crippen molar-refractivity contribution in [2.75, 3.05) is 26.7 Å². The molecule has 0 aliphatic heterocycles. The summed E-state index contributed by atoms with van der Waals surface area (Å²) in [5.41, 5.74) is 6.23. The zero-order valence-corrected chi connectivity index (χ0v) is 10.9. The maximum Gasteiger partial charge on any atom is 0.251 e. The van der Waals surface area contributed by atoms with Crippen molar-refractivity contribution in [2.45, 2.75) is 6.43 Å². The summed E-state index contributed by atoms with van der Waals surface area (Å²) >= 11 is 4.83. The quantitative estimate of drug-likeness (QED) is 0.771. The molecule has 1 aromatic rings. The fourth-order valence-corrected chi connectivity index (χ4v) is 1.50. The van der Waals surface area contributed by atoms with Gasteiger partial charge in [0.2, 0.25) is 0 Å². The number of thiocarbonyl (C=S) groups is 1. The van der Waals surface area contributed by atoms with Crippen molar-refractivity contribution in [2.24, 2.45) is 5.73 Å². The van der Waals surface area contributed by atoms with Crippen LogP contribution >= 0.6 is 12.2 Å². The van der Waals surface area contributed by atoms with Crippen molar-refractivity contribution in [1.82, 2.24) is 4.90 Å². The highest BCUT2D eigenvalue weighted by Gasteiger charge is 2.07. The van der Waals surface area contributed by atoms with Gasteiger partial charge >= 0.3 is 0 Å². The normalized spacial score (nSPS) is 10.9. The van der Waals surface area contributed by atoms with Crippen LogP contribution in [0.3, 0.4) is 0 Å². The van der Waals surface area contributed by atoms with E-state index in [0.29, 0.717) is 23.9 Å². The van der Waals surface area contributed by atoms with E-state index in [2.05, 4.69) is 0 Å². The van der Waals surface area contributed by atoms with Gasteiger partial charge in [-0.3, -0.25) is 4.90 Å². The summed E-state index contributed by atoms with van der Waals surface area (Å²) in [6.45, 7) is 0.556. The summed E-state index contributed by atoms with van der Waals surface area (Å²) in [7, 11) is 1.63. The average Bonchev–Trinajstić information content (AvgIpc) is 2.28. The third-order valence-corrected chi connectivity index (χ3v) is 2.57. The second-order valence-corrected chi connectivity index (χ2v) is 4.33. The Morgan fingerprint density at radius 1 is 1.39 bits per heavy atom. The molecule has 0 unspecified atom stereocenters. The van der Waals surface area contributed by atoms with Crippen molar-refractivity contribution in [3.05, 3.63) is 29.8 Å². The summed E-state index contributed by atoms with van der Waals surface area (Å²) < 4.78 is 29.5. The maximum atomic E-state index is 12.0. The van der Waals surface area contributed by atoms with Crippen LogP contribution in [-0.2, 0) is 0 Å². The molecular weight excluding hydrogens is 258 g/mol. The van der Waals surface area contributed by atoms with Crippen LogP contribution in [0.5, 0.6) is 5.75 Å². The molecule has 1 aromatic carbocycles. The first-order valence-electron chi connectivity index (χ1n) is 5.48. The van der Waals surface area contributed by atoms with Gasteiger partial charge in [0.1, 0.15) is 17.3 Å². The molecule has 0 atom stereocenters. The first-order chi connectivity index (χ1) is 8.49. The van der Waals surface area contributed by atoms with Crippen molar-refractivity contribution in [3.63, 3.8) is 0 Å². The molecule has 0 saturated heterocycles. The lowest BCUT2D eigenvalue weighted by Gasteiger charge is -2.16. The SMILES string of the molecule is CN(CCOc1ccc(C(N)=S)cc1)CC(F)F. The average molecular weight is 274 g/mol. The molecule has 0 amide bonds. The van der Waals surface area contributed by atoms with Gasteiger partial charge in [-0.05, 0) is 31.3 Å². The lowest BCUT2D eigenvalue weighted by atomic mass is 10.2. The van der Waals surface area contributed by atoms with E-state index >= 15 is 0 Å². The van der Waals surface area contributed by atoms with Crippen LogP contribution in [0.1, 0.15) is 5.56 Å². The molecule has 0 spiro atoms. The first kappa shape index (κ1) is 14.8. The summed E-state index contributed by atoms with van der Waals surface area (Å²) in [5, 5.41) is 0. The minimum Gasteiger partial charge on any atom is -0.492 e. The monoisotopic (exact) mass is 274 g/mol. The number of ether oxygens (including phenoxy) is 1. The summed E-state index contributed by atoms with van der Waals surface area (Å²) in [6.07, 6.45) is -2.32. The van der Waals surface area contributed by atoms with E-state index in [9.17, 15) is 8.78 Å². The molecule has 0 aliphatic carbocycles. The number of benzene rings is 1. The Balaban J connectivity index is 2.33. The Bertz CT molecular complexity index is 384. The lowest BCUT2D eigenvalue weighted by Crippen LogP contribution is -2.28. The highest BCUT2D eigenvalue weighted by Crippen LogP contribution is 2.12. The largest absolute Gasteiger partial charge is 0.492 e. The minimum atomic E-state index is -2.32. The number of nitrogens with two attached hydrogens (primary N) is 1. The molecule has 0 heterocycles. The van der Waals surface area contributed by atoms with E-state index in [1.54, 1.807) is 31.3 Å². The van der Waals surface area contributed by atoms with E-state index in [1.807, 2.05) is 0 Å². The molecule has 6 heteroatoms. The molecule has 0 saturated carbocycles. The molecule has 0 radical (unpaired) electrons. The zero-order valence-electron chi connectivity index (χ0n) is 10.1. The number of likely N-dealkylation sites (N-methyl/N-ethyl adjacent to an activating group) is 1. The van der Waals surface area contributed by atoms with Gasteiger partial charge in [-0.2, -0.15) is 0 Å². The molecule has 0 aromatic heterocycles. The van der Waals surface area contributed by atoms with Crippen molar-refractivity contribution in [3.8, 4) is 5.75 Å². The first-order valence-corrected chi connectivity index (χ1v) is 5.89. The number of hydrogen-bond donors (Lipinski definition) is 1. The molecule has 0 fully saturated rings. The second-order valence-electron chi connectivity index (χ2n) is 3.89. The zero-order chi connectivity index (χ0) is 13.5. The van der Waals surface area contributed by atoms with Crippen LogP contribution in [0.4, 0.5) is 8.78 Å². The molecule has 2 N–H and O–H groups in total. The van der Waals surface area contributed by atoms with Gasteiger partial charge in [-0.25, -0.2) is 8.78 Å². The highest BCUT2D eigenvalue weighted by molar-refractivity contribution is 7.80. The topological polar surface area (TPSA) is 38.5 Å². The van der Waals surface area contributed by atoms with E-state index in [4.69, 9.17) is 22.7 Å². The number of halogens is 2. The third-order valence-electron chi connectivity index (χ3n) is 2.33. The fourth-order valence-electron chi connectivity index (χ4n) is 1.36. The van der Waals surface area contributed by atoms with Crippen molar-refractivity contribution >= 4 is 17.2 Å². The van der Waals surface area contributed by atoms with Crippen LogP contribution in [0.25, 0.3) is 0 Å². The third kappa shape index (κ3) is 5.37. The minimum absolute atomic E-state index is 0.246. The van der Waals surface area contributed by atoms with Gasteiger partial charge in [0.05, 0.1) is 6.54 Å². The number of rotatable bonds is 7. The Kier molecular flexibility index (Phi) is 5.94. The van der Waals surface area contributed by atoms with Crippen LogP contribution in [0.15, 0.2) is 24.3 Å². The van der Waals surface area contributed by atoms with Crippen molar-refractivity contribution in [1.29, 1.82) is 0 Å². The van der Waals surface area contributed by atoms with Crippen LogP contribution in [0, 0.1) is 0 Å². The standard InChI is InChI=1S/C12H16F2N2OS/c1-16(8-11(13)14)6-7-17-10-4-2-9(3-5-10)12(15)18/h2-5,11H,6-8H2,1H3,(H2,15,18). The van der Waals surface area contributed by atoms with Crippen LogP contribution < -0.4 is 10.5 Å². The van der Waals surface area contributed by atoms with Gasteiger partial charge in [-0.15, -0.1) is 0 Å². The number of hydrogen-bond acceptors (Lipinski definition) is 3. The maximum absolute atomic E-state index is 12.0. The van der Waals surface area contributed by atoms with Gasteiger partial charge in [-0.1, -0.05) is 12.2 Å². The molecular formula is C12H16F2N2OS. The van der Waals surface area contributed by atoms with Crippen LogP contribution in [0.2, 0.25) is 0 Å². The Morgan fingerprint density at radius 2 is 2.00 bits per heavy atom. The molecule has 18 heavy (non-hydrogen) atoms. The summed E-state index contributed by atoms with van der Waals surface area (Å²) in [4.78, 5) is 1.85. The van der Waals surface area contributed by atoms with E-state index < -0.39 is 6.43 Å².